The molecule has 0 atom stereocenters. The van der Waals surface area contributed by atoms with Crippen LogP contribution in [0.3, 0.4) is 0 Å². The van der Waals surface area contributed by atoms with Gasteiger partial charge >= 0.3 is 11.9 Å². The van der Waals surface area contributed by atoms with Gasteiger partial charge in [0.15, 0.2) is 0 Å². The average Bonchev–Trinajstić information content (AvgIpc) is 2.45. The molecular weight excluding hydrogens is 269 g/mol. The molecule has 0 saturated heterocycles. The molecule has 0 amide bonds. The number of carbonyl (C=O) groups is 2. The first-order valence-electron chi connectivity index (χ1n) is 5.70. The Balaban J connectivity index is 3.29. The van der Waals surface area contributed by atoms with E-state index in [2.05, 4.69) is 14.5 Å². The Labute approximate surface area is 115 Å². The summed E-state index contributed by atoms with van der Waals surface area (Å²) >= 11 is 0. The van der Waals surface area contributed by atoms with Crippen LogP contribution in [0.5, 0.6) is 5.88 Å². The van der Waals surface area contributed by atoms with E-state index in [0.717, 1.165) is 25.5 Å². The molecule has 6 nitrogen and oxygen atoms in total. The van der Waals surface area contributed by atoms with Gasteiger partial charge in [0.05, 0.1) is 27.0 Å². The monoisotopic (exact) mass is 283 g/mol. The number of aromatic nitrogens is 1. The fourth-order valence-corrected chi connectivity index (χ4v) is 1.44. The second-order valence-electron chi connectivity index (χ2n) is 3.48. The third-order valence-corrected chi connectivity index (χ3v) is 2.29. The van der Waals surface area contributed by atoms with Crippen molar-refractivity contribution in [3.8, 4) is 5.88 Å². The van der Waals surface area contributed by atoms with Gasteiger partial charge in [-0.05, 0) is 13.0 Å². The van der Waals surface area contributed by atoms with Crippen LogP contribution >= 0.6 is 0 Å². The van der Waals surface area contributed by atoms with E-state index in [1.807, 2.05) is 0 Å². The van der Waals surface area contributed by atoms with Crippen LogP contribution in [0.2, 0.25) is 0 Å². The summed E-state index contributed by atoms with van der Waals surface area (Å²) < 4.78 is 27.9. The van der Waals surface area contributed by atoms with Crippen molar-refractivity contribution in [2.75, 3.05) is 20.8 Å². The third-order valence-electron chi connectivity index (χ3n) is 2.29. The van der Waals surface area contributed by atoms with Gasteiger partial charge in [-0.3, -0.25) is 0 Å². The van der Waals surface area contributed by atoms with Gasteiger partial charge in [0.25, 0.3) is 0 Å². The smallest absolute Gasteiger partial charge is 0.344 e. The molecular formula is C13H14FNO5. The number of hydrogen-bond acceptors (Lipinski definition) is 6. The largest absolute Gasteiger partial charge is 0.480 e. The molecule has 1 rings (SSSR count). The molecule has 0 aliphatic heterocycles. The highest BCUT2D eigenvalue weighted by atomic mass is 19.1. The molecule has 0 radical (unpaired) electrons. The van der Waals surface area contributed by atoms with E-state index in [4.69, 9.17) is 4.74 Å². The lowest BCUT2D eigenvalue weighted by atomic mass is 10.1. The molecule has 1 aromatic heterocycles. The summed E-state index contributed by atoms with van der Waals surface area (Å²) in [4.78, 5) is 26.6. The third kappa shape index (κ3) is 3.53. The summed E-state index contributed by atoms with van der Waals surface area (Å²) in [6.07, 6.45) is 3.01. The van der Waals surface area contributed by atoms with Crippen molar-refractivity contribution >= 4 is 18.0 Å². The number of methoxy groups -OCH3 is 2. The molecule has 108 valence electrons. The summed E-state index contributed by atoms with van der Waals surface area (Å²) in [6, 6.07) is 0. The van der Waals surface area contributed by atoms with E-state index in [1.54, 1.807) is 6.92 Å². The van der Waals surface area contributed by atoms with Crippen molar-refractivity contribution in [1.29, 1.82) is 0 Å². The van der Waals surface area contributed by atoms with E-state index in [9.17, 15) is 14.0 Å². The van der Waals surface area contributed by atoms with Crippen molar-refractivity contribution in [2.45, 2.75) is 6.92 Å². The summed E-state index contributed by atoms with van der Waals surface area (Å²) in [5.74, 6) is -2.36. The molecule has 0 unspecified atom stereocenters. The van der Waals surface area contributed by atoms with Crippen LogP contribution in [0.15, 0.2) is 12.3 Å². The maximum Gasteiger partial charge on any atom is 0.344 e. The van der Waals surface area contributed by atoms with Crippen LogP contribution in [0, 0.1) is 5.82 Å². The second kappa shape index (κ2) is 7.22. The molecule has 20 heavy (non-hydrogen) atoms. The van der Waals surface area contributed by atoms with Gasteiger partial charge in [0.1, 0.15) is 11.4 Å². The van der Waals surface area contributed by atoms with Crippen molar-refractivity contribution in [1.82, 2.24) is 4.98 Å². The number of esters is 2. The summed E-state index contributed by atoms with van der Waals surface area (Å²) in [5.41, 5.74) is -0.354. The van der Waals surface area contributed by atoms with Gasteiger partial charge < -0.3 is 14.2 Å². The minimum Gasteiger partial charge on any atom is -0.480 e. The highest BCUT2D eigenvalue weighted by Crippen LogP contribution is 2.24. The van der Waals surface area contributed by atoms with E-state index in [0.29, 0.717) is 0 Å². The number of pyridine rings is 1. The maximum absolute atomic E-state index is 13.8. The number of hydrogen-bond donors (Lipinski definition) is 0. The molecule has 0 spiro atoms. The summed E-state index contributed by atoms with van der Waals surface area (Å²) in [7, 11) is 2.43. The van der Waals surface area contributed by atoms with E-state index < -0.39 is 17.8 Å². The topological polar surface area (TPSA) is 74.7 Å². The highest BCUT2D eigenvalue weighted by molar-refractivity contribution is 5.97. The Morgan fingerprint density at radius 1 is 1.40 bits per heavy atom. The van der Waals surface area contributed by atoms with Crippen LogP contribution in [-0.2, 0) is 14.3 Å². The normalized spacial score (nSPS) is 10.4. The van der Waals surface area contributed by atoms with E-state index >= 15 is 0 Å². The Hall–Kier alpha value is -2.44. The van der Waals surface area contributed by atoms with Crippen molar-refractivity contribution in [2.24, 2.45) is 0 Å². The number of rotatable bonds is 5. The zero-order valence-electron chi connectivity index (χ0n) is 11.3. The van der Waals surface area contributed by atoms with Crippen LogP contribution in [0.4, 0.5) is 4.39 Å². The quantitative estimate of drug-likeness (QED) is 0.603. The number of nitrogens with zero attached hydrogens (tertiary/aromatic N) is 1. The van der Waals surface area contributed by atoms with Crippen LogP contribution < -0.4 is 4.74 Å². The SMILES string of the molecule is CCOC(=O)/C=C/c1c(F)cnc(OC)c1C(=O)OC. The fraction of sp³-hybridized carbons (Fsp3) is 0.308. The molecule has 0 aliphatic rings. The Morgan fingerprint density at radius 2 is 2.10 bits per heavy atom. The zero-order valence-corrected chi connectivity index (χ0v) is 11.3. The maximum atomic E-state index is 13.8. The summed E-state index contributed by atoms with van der Waals surface area (Å²) in [5, 5.41) is 0. The van der Waals surface area contributed by atoms with Crippen LogP contribution in [-0.4, -0.2) is 37.7 Å². The molecule has 1 heterocycles. The van der Waals surface area contributed by atoms with Gasteiger partial charge in [-0.1, -0.05) is 0 Å². The first kappa shape index (κ1) is 15.6. The first-order valence-corrected chi connectivity index (χ1v) is 5.70. The van der Waals surface area contributed by atoms with Gasteiger partial charge in [-0.2, -0.15) is 0 Å². The van der Waals surface area contributed by atoms with Crippen LogP contribution in [0.1, 0.15) is 22.8 Å². The molecule has 0 bridgehead atoms. The predicted octanol–water partition coefficient (Wildman–Crippen LogP) is 1.59. The second-order valence-corrected chi connectivity index (χ2v) is 3.48. The van der Waals surface area contributed by atoms with Gasteiger partial charge in [-0.25, -0.2) is 19.0 Å². The average molecular weight is 283 g/mol. The van der Waals surface area contributed by atoms with Gasteiger partial charge in [0, 0.05) is 11.6 Å². The molecule has 0 aliphatic carbocycles. The zero-order chi connectivity index (χ0) is 15.1. The minimum absolute atomic E-state index is 0.0956. The number of ether oxygens (including phenoxy) is 3. The number of carbonyl (C=O) groups excluding carboxylic acids is 2. The van der Waals surface area contributed by atoms with Crippen molar-refractivity contribution in [3.63, 3.8) is 0 Å². The lowest BCUT2D eigenvalue weighted by Gasteiger charge is -2.09. The molecule has 0 aromatic carbocycles. The van der Waals surface area contributed by atoms with Gasteiger partial charge in [-0.15, -0.1) is 0 Å². The highest BCUT2D eigenvalue weighted by Gasteiger charge is 2.21. The van der Waals surface area contributed by atoms with Crippen molar-refractivity contribution < 1.29 is 28.2 Å². The van der Waals surface area contributed by atoms with Gasteiger partial charge in [0.2, 0.25) is 5.88 Å². The first-order chi connectivity index (χ1) is 9.54. The lowest BCUT2D eigenvalue weighted by Crippen LogP contribution is -2.10. The Morgan fingerprint density at radius 3 is 2.65 bits per heavy atom. The number of halogens is 1. The predicted molar refractivity (Wildman–Crippen MR) is 67.8 cm³/mol. The molecule has 0 N–H and O–H groups in total. The molecule has 1 aromatic rings. The molecule has 0 saturated carbocycles. The molecule has 7 heteroatoms. The fourth-order valence-electron chi connectivity index (χ4n) is 1.44. The Kier molecular flexibility index (Phi) is 5.64. The minimum atomic E-state index is -0.822. The molecule has 0 fully saturated rings. The van der Waals surface area contributed by atoms with Crippen LogP contribution in [0.25, 0.3) is 6.08 Å². The lowest BCUT2D eigenvalue weighted by molar-refractivity contribution is -0.137. The van der Waals surface area contributed by atoms with Crippen molar-refractivity contribution in [3.05, 3.63) is 29.2 Å². The summed E-state index contributed by atoms with van der Waals surface area (Å²) in [6.45, 7) is 1.83. The van der Waals surface area contributed by atoms with E-state index in [1.165, 1.54) is 7.11 Å². The van der Waals surface area contributed by atoms with E-state index in [-0.39, 0.29) is 23.6 Å². The standard InChI is InChI=1S/C13H14FNO5/c1-4-20-10(16)6-5-8-9(14)7-15-12(18-2)11(8)13(17)19-3/h5-7H,4H2,1-3H3/b6-5+. The Bertz CT molecular complexity index is 542.